The molecule has 2 heterocycles. The monoisotopic (exact) mass is 266 g/mol. The second-order valence-electron chi connectivity index (χ2n) is 5.29. The van der Waals surface area contributed by atoms with Crippen molar-refractivity contribution in [1.82, 2.24) is 9.55 Å². The predicted octanol–water partition coefficient (Wildman–Crippen LogP) is -0.365. The van der Waals surface area contributed by atoms with E-state index in [4.69, 9.17) is 10.5 Å². The molecule has 2 atom stereocenters. The van der Waals surface area contributed by atoms with Gasteiger partial charge in [0.2, 0.25) is 0 Å². The van der Waals surface area contributed by atoms with E-state index in [1.807, 2.05) is 0 Å². The first-order chi connectivity index (χ1) is 9.08. The van der Waals surface area contributed by atoms with Crippen molar-refractivity contribution in [3.8, 4) is 0 Å². The van der Waals surface area contributed by atoms with E-state index in [2.05, 4.69) is 10.3 Å². The lowest BCUT2D eigenvalue weighted by Gasteiger charge is -2.21. The number of aromatic nitrogens is 2. The predicted molar refractivity (Wildman–Crippen MR) is 71.2 cm³/mol. The molecule has 7 nitrogen and oxygen atoms in total. The number of anilines is 2. The van der Waals surface area contributed by atoms with E-state index in [1.54, 1.807) is 0 Å². The molecule has 0 aromatic carbocycles. The Kier molecular flexibility index (Phi) is 2.85. The SMILES string of the molecule is Cn1c(N)c(NC2CCOC2C2CC2)c(=O)[nH]c1=O. The summed E-state index contributed by atoms with van der Waals surface area (Å²) in [6, 6.07) is 0.0911. The van der Waals surface area contributed by atoms with Gasteiger partial charge in [0.1, 0.15) is 11.5 Å². The first-order valence-electron chi connectivity index (χ1n) is 6.55. The minimum absolute atomic E-state index is 0.0911. The van der Waals surface area contributed by atoms with Gasteiger partial charge in [0.15, 0.2) is 0 Å². The van der Waals surface area contributed by atoms with Gasteiger partial charge in [-0.3, -0.25) is 14.3 Å². The number of nitrogens with two attached hydrogens (primary N) is 1. The third kappa shape index (κ3) is 2.14. The summed E-state index contributed by atoms with van der Waals surface area (Å²) in [6.07, 6.45) is 3.36. The number of rotatable bonds is 3. The van der Waals surface area contributed by atoms with Crippen molar-refractivity contribution in [1.29, 1.82) is 0 Å². The summed E-state index contributed by atoms with van der Waals surface area (Å²) >= 11 is 0. The highest BCUT2D eigenvalue weighted by Gasteiger charge is 2.41. The molecule has 104 valence electrons. The zero-order valence-corrected chi connectivity index (χ0v) is 10.8. The molecular formula is C12H18N4O3. The van der Waals surface area contributed by atoms with Crippen molar-refractivity contribution in [2.75, 3.05) is 17.7 Å². The molecule has 1 saturated carbocycles. The van der Waals surface area contributed by atoms with Crippen LogP contribution in [0.1, 0.15) is 19.3 Å². The minimum Gasteiger partial charge on any atom is -0.383 e. The summed E-state index contributed by atoms with van der Waals surface area (Å²) < 4.78 is 6.94. The van der Waals surface area contributed by atoms with Gasteiger partial charge >= 0.3 is 5.69 Å². The number of aromatic amines is 1. The van der Waals surface area contributed by atoms with Crippen molar-refractivity contribution in [2.45, 2.75) is 31.4 Å². The van der Waals surface area contributed by atoms with Crippen molar-refractivity contribution in [3.63, 3.8) is 0 Å². The fourth-order valence-electron chi connectivity index (χ4n) is 2.62. The van der Waals surface area contributed by atoms with Crippen LogP contribution in [0.2, 0.25) is 0 Å². The molecule has 0 spiro atoms. The van der Waals surface area contributed by atoms with Gasteiger partial charge in [0, 0.05) is 13.7 Å². The number of ether oxygens (including phenoxy) is 1. The molecule has 1 aromatic rings. The second kappa shape index (κ2) is 4.41. The zero-order chi connectivity index (χ0) is 13.6. The van der Waals surface area contributed by atoms with E-state index in [0.29, 0.717) is 12.5 Å². The number of nitrogen functional groups attached to an aromatic ring is 1. The van der Waals surface area contributed by atoms with Gasteiger partial charge in [-0.1, -0.05) is 0 Å². The van der Waals surface area contributed by atoms with Crippen LogP contribution in [0, 0.1) is 5.92 Å². The fourth-order valence-corrected chi connectivity index (χ4v) is 2.62. The van der Waals surface area contributed by atoms with Crippen molar-refractivity contribution < 1.29 is 4.74 Å². The summed E-state index contributed by atoms with van der Waals surface area (Å²) in [5.74, 6) is 0.753. The molecule has 3 rings (SSSR count). The Morgan fingerprint density at radius 3 is 2.79 bits per heavy atom. The first kappa shape index (κ1) is 12.3. The number of hydrogen-bond acceptors (Lipinski definition) is 5. The summed E-state index contributed by atoms with van der Waals surface area (Å²) in [6.45, 7) is 0.697. The van der Waals surface area contributed by atoms with Gasteiger partial charge in [0.05, 0.1) is 12.1 Å². The average molecular weight is 266 g/mol. The van der Waals surface area contributed by atoms with E-state index >= 15 is 0 Å². The molecule has 1 saturated heterocycles. The molecule has 0 bridgehead atoms. The Morgan fingerprint density at radius 2 is 2.11 bits per heavy atom. The Labute approximate surface area is 109 Å². The topological polar surface area (TPSA) is 102 Å². The minimum atomic E-state index is -0.505. The zero-order valence-electron chi connectivity index (χ0n) is 10.8. The molecule has 0 radical (unpaired) electrons. The highest BCUT2D eigenvalue weighted by molar-refractivity contribution is 5.61. The van der Waals surface area contributed by atoms with E-state index < -0.39 is 11.2 Å². The first-order valence-corrected chi connectivity index (χ1v) is 6.55. The fraction of sp³-hybridized carbons (Fsp3) is 0.667. The molecule has 1 aliphatic heterocycles. The maximum absolute atomic E-state index is 11.8. The number of H-pyrrole nitrogens is 1. The van der Waals surface area contributed by atoms with Gasteiger partial charge in [-0.15, -0.1) is 0 Å². The van der Waals surface area contributed by atoms with Gasteiger partial charge in [-0.2, -0.15) is 0 Å². The molecule has 1 aromatic heterocycles. The summed E-state index contributed by atoms with van der Waals surface area (Å²) in [7, 11) is 1.53. The lowest BCUT2D eigenvalue weighted by molar-refractivity contribution is 0.0898. The highest BCUT2D eigenvalue weighted by atomic mass is 16.5. The number of hydrogen-bond donors (Lipinski definition) is 3. The molecule has 4 N–H and O–H groups in total. The van der Waals surface area contributed by atoms with Crippen LogP contribution in [0.15, 0.2) is 9.59 Å². The van der Waals surface area contributed by atoms with E-state index in [-0.39, 0.29) is 23.7 Å². The second-order valence-corrected chi connectivity index (χ2v) is 5.29. The maximum atomic E-state index is 11.8. The van der Waals surface area contributed by atoms with E-state index in [9.17, 15) is 9.59 Å². The van der Waals surface area contributed by atoms with Crippen molar-refractivity contribution in [2.24, 2.45) is 13.0 Å². The standard InChI is InChI=1S/C12H18N4O3/c1-16-10(13)8(11(17)15-12(16)18)14-7-4-5-19-9(7)6-2-3-6/h6-7,9,14H,2-5,13H2,1H3,(H,15,17,18). The van der Waals surface area contributed by atoms with Crippen LogP contribution in [0.3, 0.4) is 0 Å². The molecule has 2 fully saturated rings. The van der Waals surface area contributed by atoms with Crippen molar-refractivity contribution >= 4 is 11.5 Å². The van der Waals surface area contributed by atoms with E-state index in [0.717, 1.165) is 6.42 Å². The smallest absolute Gasteiger partial charge is 0.329 e. The third-order valence-electron chi connectivity index (χ3n) is 3.92. The van der Waals surface area contributed by atoms with E-state index in [1.165, 1.54) is 24.5 Å². The quantitative estimate of drug-likeness (QED) is 0.693. The van der Waals surface area contributed by atoms with Crippen LogP contribution >= 0.6 is 0 Å². The maximum Gasteiger partial charge on any atom is 0.329 e. The summed E-state index contributed by atoms with van der Waals surface area (Å²) in [4.78, 5) is 25.5. The van der Waals surface area contributed by atoms with Gasteiger partial charge in [-0.25, -0.2) is 4.79 Å². The molecule has 1 aliphatic carbocycles. The lowest BCUT2D eigenvalue weighted by Crippen LogP contribution is -2.37. The number of nitrogens with zero attached hydrogens (tertiary/aromatic N) is 1. The molecule has 2 unspecified atom stereocenters. The van der Waals surface area contributed by atoms with Crippen LogP contribution in [0.4, 0.5) is 11.5 Å². The van der Waals surface area contributed by atoms with Crippen LogP contribution in [-0.4, -0.2) is 28.3 Å². The number of nitrogens with one attached hydrogen (secondary N) is 2. The van der Waals surface area contributed by atoms with Gasteiger partial charge in [-0.05, 0) is 25.2 Å². The van der Waals surface area contributed by atoms with Crippen molar-refractivity contribution in [3.05, 3.63) is 20.8 Å². The van der Waals surface area contributed by atoms with Crippen LogP contribution in [0.25, 0.3) is 0 Å². The van der Waals surface area contributed by atoms with Crippen LogP contribution < -0.4 is 22.3 Å². The Bertz CT molecular complexity index is 602. The third-order valence-corrected chi connectivity index (χ3v) is 3.92. The van der Waals surface area contributed by atoms with Crippen LogP contribution in [-0.2, 0) is 11.8 Å². The van der Waals surface area contributed by atoms with Gasteiger partial charge in [0.25, 0.3) is 5.56 Å². The van der Waals surface area contributed by atoms with Crippen LogP contribution in [0.5, 0.6) is 0 Å². The normalized spacial score (nSPS) is 26.6. The Hall–Kier alpha value is -1.76. The summed E-state index contributed by atoms with van der Waals surface area (Å²) in [5, 5.41) is 3.16. The van der Waals surface area contributed by atoms with Gasteiger partial charge < -0.3 is 15.8 Å². The molecular weight excluding hydrogens is 248 g/mol. The average Bonchev–Trinajstić information content (AvgIpc) is 3.12. The molecule has 7 heteroatoms. The summed E-state index contributed by atoms with van der Waals surface area (Å²) in [5.41, 5.74) is 5.13. The Morgan fingerprint density at radius 1 is 1.37 bits per heavy atom. The largest absolute Gasteiger partial charge is 0.383 e. The lowest BCUT2D eigenvalue weighted by atomic mass is 10.1. The highest BCUT2D eigenvalue weighted by Crippen LogP contribution is 2.39. The molecule has 2 aliphatic rings. The molecule has 0 amide bonds. The molecule has 19 heavy (non-hydrogen) atoms. The Balaban J connectivity index is 1.89.